The maximum Gasteiger partial charge on any atom is 0.408 e. The highest BCUT2D eigenvalue weighted by Gasteiger charge is 2.26. The molecule has 1 aromatic carbocycles. The molecule has 0 heterocycles. The molecule has 0 radical (unpaired) electrons. The molecule has 0 aromatic heterocycles. The predicted octanol–water partition coefficient (Wildman–Crippen LogP) is 4.10. The lowest BCUT2D eigenvalue weighted by atomic mass is 10.0. The van der Waals surface area contributed by atoms with Gasteiger partial charge < -0.3 is 14.8 Å². The van der Waals surface area contributed by atoms with Gasteiger partial charge in [0, 0.05) is 6.42 Å². The molecule has 0 aliphatic carbocycles. The van der Waals surface area contributed by atoms with Gasteiger partial charge in [0.15, 0.2) is 0 Å². The van der Waals surface area contributed by atoms with E-state index in [1.54, 1.807) is 20.8 Å². The highest BCUT2D eigenvalue weighted by atomic mass is 16.6. The second-order valence-electron chi connectivity index (χ2n) is 7.20. The monoisotopic (exact) mass is 349 g/mol. The van der Waals surface area contributed by atoms with E-state index in [0.29, 0.717) is 18.9 Å². The summed E-state index contributed by atoms with van der Waals surface area (Å²) in [5, 5.41) is 2.65. The van der Waals surface area contributed by atoms with Crippen LogP contribution in [-0.4, -0.2) is 30.3 Å². The Morgan fingerprint density at radius 2 is 1.68 bits per heavy atom. The van der Waals surface area contributed by atoms with Crippen LogP contribution in [0.2, 0.25) is 0 Å². The van der Waals surface area contributed by atoms with Gasteiger partial charge in [0.1, 0.15) is 11.6 Å². The number of hydrogen-bond acceptors (Lipinski definition) is 4. The number of hydrogen-bond donors (Lipinski definition) is 1. The van der Waals surface area contributed by atoms with Crippen LogP contribution in [0.4, 0.5) is 4.79 Å². The van der Waals surface area contributed by atoms with Crippen molar-refractivity contribution in [3.05, 3.63) is 35.9 Å². The van der Waals surface area contributed by atoms with Crippen LogP contribution in [0, 0.1) is 5.92 Å². The molecule has 5 heteroatoms. The first-order chi connectivity index (χ1) is 11.7. The lowest BCUT2D eigenvalue weighted by Crippen LogP contribution is -2.45. The van der Waals surface area contributed by atoms with Crippen LogP contribution >= 0.6 is 0 Å². The Bertz CT molecular complexity index is 532. The molecule has 140 valence electrons. The minimum Gasteiger partial charge on any atom is -0.464 e. The predicted molar refractivity (Wildman–Crippen MR) is 98.3 cm³/mol. The zero-order valence-electron chi connectivity index (χ0n) is 16.0. The minimum atomic E-state index is -0.772. The topological polar surface area (TPSA) is 64.6 Å². The third kappa shape index (κ3) is 8.57. The van der Waals surface area contributed by atoms with Gasteiger partial charge >= 0.3 is 12.1 Å². The second-order valence-corrected chi connectivity index (χ2v) is 7.20. The standard InChI is InChI=1S/C20H31NO4/c1-6-15(7-2)14-24-18(22)17(13-16-11-9-8-10-12-16)21-19(23)25-20(3,4)5/h8-12,15,17H,6-7,13-14H2,1-5H3,(H,21,23). The summed E-state index contributed by atoms with van der Waals surface area (Å²) in [5.41, 5.74) is 0.323. The average Bonchev–Trinajstić information content (AvgIpc) is 2.54. The zero-order valence-corrected chi connectivity index (χ0v) is 16.0. The van der Waals surface area contributed by atoms with Crippen molar-refractivity contribution in [2.75, 3.05) is 6.61 Å². The fourth-order valence-electron chi connectivity index (χ4n) is 2.32. The third-order valence-electron chi connectivity index (χ3n) is 3.87. The number of rotatable bonds is 8. The number of ether oxygens (including phenoxy) is 2. The van der Waals surface area contributed by atoms with E-state index in [1.807, 2.05) is 30.3 Å². The van der Waals surface area contributed by atoms with E-state index >= 15 is 0 Å². The van der Waals surface area contributed by atoms with Gasteiger partial charge in [0.2, 0.25) is 0 Å². The Balaban J connectivity index is 2.76. The van der Waals surface area contributed by atoms with E-state index in [4.69, 9.17) is 9.47 Å². The van der Waals surface area contributed by atoms with E-state index in [1.165, 1.54) is 0 Å². The summed E-state index contributed by atoms with van der Waals surface area (Å²) in [7, 11) is 0. The maximum atomic E-state index is 12.5. The normalized spacial score (nSPS) is 12.6. The number of amides is 1. The Hall–Kier alpha value is -2.04. The van der Waals surface area contributed by atoms with Crippen molar-refractivity contribution in [2.45, 2.75) is 65.5 Å². The molecular formula is C20H31NO4. The van der Waals surface area contributed by atoms with E-state index in [9.17, 15) is 9.59 Å². The fourth-order valence-corrected chi connectivity index (χ4v) is 2.32. The number of esters is 1. The van der Waals surface area contributed by atoms with Gasteiger partial charge in [-0.3, -0.25) is 0 Å². The Morgan fingerprint density at radius 1 is 1.08 bits per heavy atom. The minimum absolute atomic E-state index is 0.336. The largest absolute Gasteiger partial charge is 0.464 e. The number of carbonyl (C=O) groups excluding carboxylic acids is 2. The summed E-state index contributed by atoms with van der Waals surface area (Å²) in [5.74, 6) is -0.0931. The summed E-state index contributed by atoms with van der Waals surface area (Å²) in [6, 6.07) is 8.76. The number of nitrogens with one attached hydrogen (secondary N) is 1. The van der Waals surface area contributed by atoms with Gasteiger partial charge in [0.05, 0.1) is 6.61 Å². The van der Waals surface area contributed by atoms with Crippen LogP contribution in [0.5, 0.6) is 0 Å². The van der Waals surface area contributed by atoms with E-state index < -0.39 is 23.7 Å². The summed E-state index contributed by atoms with van der Waals surface area (Å²) < 4.78 is 10.7. The molecule has 1 rings (SSSR count). The van der Waals surface area contributed by atoms with Gasteiger partial charge in [-0.25, -0.2) is 9.59 Å². The lowest BCUT2D eigenvalue weighted by molar-refractivity contribution is -0.147. The molecule has 0 aliphatic heterocycles. The quantitative estimate of drug-likeness (QED) is 0.718. The molecule has 1 atom stereocenters. The van der Waals surface area contributed by atoms with Crippen molar-refractivity contribution >= 4 is 12.1 Å². The molecule has 1 amide bonds. The molecule has 1 aromatic rings. The van der Waals surface area contributed by atoms with E-state index in [0.717, 1.165) is 18.4 Å². The van der Waals surface area contributed by atoms with Gasteiger partial charge in [-0.05, 0) is 32.3 Å². The molecule has 0 aliphatic rings. The van der Waals surface area contributed by atoms with Crippen molar-refractivity contribution in [1.82, 2.24) is 5.32 Å². The third-order valence-corrected chi connectivity index (χ3v) is 3.87. The van der Waals surface area contributed by atoms with Crippen molar-refractivity contribution in [3.8, 4) is 0 Å². The molecule has 0 fully saturated rings. The fraction of sp³-hybridized carbons (Fsp3) is 0.600. The number of alkyl carbamates (subject to hydrolysis) is 1. The summed E-state index contributed by atoms with van der Waals surface area (Å²) in [6.07, 6.45) is 1.65. The van der Waals surface area contributed by atoms with Crippen molar-refractivity contribution in [1.29, 1.82) is 0 Å². The lowest BCUT2D eigenvalue weighted by Gasteiger charge is -2.23. The first-order valence-corrected chi connectivity index (χ1v) is 8.95. The highest BCUT2D eigenvalue weighted by Crippen LogP contribution is 2.11. The highest BCUT2D eigenvalue weighted by molar-refractivity contribution is 5.81. The molecule has 0 saturated heterocycles. The Kier molecular flexibility index (Phi) is 8.46. The first kappa shape index (κ1) is 21.0. The van der Waals surface area contributed by atoms with Crippen LogP contribution in [0.25, 0.3) is 0 Å². The maximum absolute atomic E-state index is 12.5. The number of carbonyl (C=O) groups is 2. The molecule has 5 nitrogen and oxygen atoms in total. The molecule has 0 bridgehead atoms. The van der Waals surface area contributed by atoms with Crippen LogP contribution in [0.15, 0.2) is 30.3 Å². The van der Waals surface area contributed by atoms with Crippen molar-refractivity contribution in [2.24, 2.45) is 5.92 Å². The SMILES string of the molecule is CCC(CC)COC(=O)C(Cc1ccccc1)NC(=O)OC(C)(C)C. The van der Waals surface area contributed by atoms with Crippen molar-refractivity contribution < 1.29 is 19.1 Å². The van der Waals surface area contributed by atoms with E-state index in [2.05, 4.69) is 19.2 Å². The van der Waals surface area contributed by atoms with Crippen LogP contribution in [0.3, 0.4) is 0 Å². The van der Waals surface area contributed by atoms with Crippen molar-refractivity contribution in [3.63, 3.8) is 0 Å². The van der Waals surface area contributed by atoms with Crippen LogP contribution in [-0.2, 0) is 20.7 Å². The van der Waals surface area contributed by atoms with Crippen LogP contribution < -0.4 is 5.32 Å². The number of benzene rings is 1. The Labute approximate surface area is 151 Å². The molecule has 0 saturated carbocycles. The Morgan fingerprint density at radius 3 is 2.20 bits per heavy atom. The molecular weight excluding hydrogens is 318 g/mol. The van der Waals surface area contributed by atoms with Crippen LogP contribution in [0.1, 0.15) is 53.0 Å². The summed E-state index contributed by atoms with van der Waals surface area (Å²) in [6.45, 7) is 9.86. The van der Waals surface area contributed by atoms with Gasteiger partial charge in [-0.15, -0.1) is 0 Å². The molecule has 1 N–H and O–H groups in total. The molecule has 0 spiro atoms. The zero-order chi connectivity index (χ0) is 18.9. The molecule has 25 heavy (non-hydrogen) atoms. The second kappa shape index (κ2) is 10.1. The summed E-state index contributed by atoms with van der Waals surface area (Å²) in [4.78, 5) is 24.6. The summed E-state index contributed by atoms with van der Waals surface area (Å²) >= 11 is 0. The van der Waals surface area contributed by atoms with Gasteiger partial charge in [0.25, 0.3) is 0 Å². The first-order valence-electron chi connectivity index (χ1n) is 8.95. The van der Waals surface area contributed by atoms with Gasteiger partial charge in [-0.2, -0.15) is 0 Å². The smallest absolute Gasteiger partial charge is 0.408 e. The van der Waals surface area contributed by atoms with Gasteiger partial charge in [-0.1, -0.05) is 57.0 Å². The molecule has 1 unspecified atom stereocenters. The average molecular weight is 349 g/mol. The van der Waals surface area contributed by atoms with E-state index in [-0.39, 0.29) is 0 Å².